The minimum absolute atomic E-state index is 0.262. The summed E-state index contributed by atoms with van der Waals surface area (Å²) >= 11 is 0. The lowest BCUT2D eigenvalue weighted by Gasteiger charge is -2.38. The van der Waals surface area contributed by atoms with Gasteiger partial charge in [-0.25, -0.2) is 4.39 Å². The predicted octanol–water partition coefficient (Wildman–Crippen LogP) is 6.28. The number of hydrogen-bond donors (Lipinski definition) is 1. The summed E-state index contributed by atoms with van der Waals surface area (Å²) in [6.07, 6.45) is 1.59. The van der Waals surface area contributed by atoms with Gasteiger partial charge in [-0.15, -0.1) is 5.54 Å². The van der Waals surface area contributed by atoms with Gasteiger partial charge in [-0.3, -0.25) is 9.78 Å². The smallest absolute Gasteiger partial charge is 0.270 e. The van der Waals surface area contributed by atoms with Gasteiger partial charge in [0.2, 0.25) is 0 Å². The topological polar surface area (TPSA) is 42.0 Å². The van der Waals surface area contributed by atoms with E-state index in [0.29, 0.717) is 27.9 Å². The average molecular weight is 425 g/mol. The van der Waals surface area contributed by atoms with Crippen LogP contribution in [0.3, 0.4) is 0 Å². The minimum atomic E-state index is -1.95. The molecule has 1 N–H and O–H groups in total. The number of amides is 1. The van der Waals surface area contributed by atoms with E-state index in [1.165, 1.54) is 12.1 Å². The molecule has 160 valence electrons. The molecule has 3 nitrogen and oxygen atoms in total. The van der Waals surface area contributed by atoms with Gasteiger partial charge in [0.25, 0.3) is 5.91 Å². The Hall–Kier alpha value is -2.45. The highest BCUT2D eigenvalue weighted by Crippen LogP contribution is 2.40. The number of aromatic nitrogens is 1. The molecule has 0 aliphatic rings. The molecule has 0 bridgehead atoms. The molecule has 1 amide bonds. The van der Waals surface area contributed by atoms with Crippen LogP contribution in [0.2, 0.25) is 16.6 Å². The molecule has 0 aliphatic carbocycles. The second-order valence-corrected chi connectivity index (χ2v) is 14.4. The Kier molecular flexibility index (Phi) is 7.97. The third-order valence-corrected chi connectivity index (χ3v) is 12.3. The van der Waals surface area contributed by atoms with Gasteiger partial charge in [0.1, 0.15) is 19.6 Å². The van der Waals surface area contributed by atoms with E-state index in [-0.39, 0.29) is 17.8 Å². The third-order valence-electron chi connectivity index (χ3n) is 6.01. The molecule has 1 atom stereocenters. The number of halogens is 1. The summed E-state index contributed by atoms with van der Waals surface area (Å²) in [4.78, 5) is 16.6. The van der Waals surface area contributed by atoms with Gasteiger partial charge in [0.15, 0.2) is 0 Å². The zero-order valence-corrected chi connectivity index (χ0v) is 20.1. The van der Waals surface area contributed by atoms with Crippen molar-refractivity contribution < 1.29 is 9.18 Å². The van der Waals surface area contributed by atoms with Crippen LogP contribution in [0.1, 0.15) is 76.1 Å². The number of benzene rings is 1. The second-order valence-electron chi connectivity index (χ2n) is 8.79. The zero-order chi connectivity index (χ0) is 22.5. The Morgan fingerprint density at radius 3 is 2.17 bits per heavy atom. The monoisotopic (exact) mass is 424 g/mol. The van der Waals surface area contributed by atoms with Crippen LogP contribution in [0.5, 0.6) is 0 Å². The van der Waals surface area contributed by atoms with Gasteiger partial charge in [0.05, 0.1) is 6.04 Å². The number of nitrogens with one attached hydrogen (secondary N) is 1. The maximum atomic E-state index is 14.1. The third kappa shape index (κ3) is 5.17. The second kappa shape index (κ2) is 10.0. The van der Waals surface area contributed by atoms with E-state index in [0.717, 1.165) is 5.56 Å². The molecule has 0 saturated carbocycles. The highest BCUT2D eigenvalue weighted by Gasteiger charge is 2.41. The highest BCUT2D eigenvalue weighted by atomic mass is 28.3. The summed E-state index contributed by atoms with van der Waals surface area (Å²) < 4.78 is 14.1. The van der Waals surface area contributed by atoms with Crippen molar-refractivity contribution in [3.63, 3.8) is 0 Å². The summed E-state index contributed by atoms with van der Waals surface area (Å²) in [7, 11) is -1.95. The molecule has 0 unspecified atom stereocenters. The first kappa shape index (κ1) is 23.8. The Bertz CT molecular complexity index is 907. The van der Waals surface area contributed by atoms with Gasteiger partial charge in [-0.2, -0.15) is 0 Å². The Morgan fingerprint density at radius 1 is 1.00 bits per heavy atom. The number of pyridine rings is 1. The van der Waals surface area contributed by atoms with E-state index in [2.05, 4.69) is 63.3 Å². The molecule has 0 saturated heterocycles. The van der Waals surface area contributed by atoms with Crippen molar-refractivity contribution in [3.8, 4) is 11.5 Å². The van der Waals surface area contributed by atoms with E-state index in [1.54, 1.807) is 30.5 Å². The highest BCUT2D eigenvalue weighted by molar-refractivity contribution is 6.90. The predicted molar refractivity (Wildman–Crippen MR) is 124 cm³/mol. The number of carbonyl (C=O) groups is 1. The van der Waals surface area contributed by atoms with Crippen LogP contribution < -0.4 is 5.32 Å². The van der Waals surface area contributed by atoms with Crippen molar-refractivity contribution >= 4 is 14.0 Å². The minimum Gasteiger partial charge on any atom is -0.344 e. The molecule has 2 rings (SSSR count). The first-order valence-corrected chi connectivity index (χ1v) is 12.9. The Labute approximate surface area is 181 Å². The van der Waals surface area contributed by atoms with E-state index in [9.17, 15) is 9.18 Å². The quantitative estimate of drug-likeness (QED) is 0.438. The normalized spacial score (nSPS) is 12.6. The van der Waals surface area contributed by atoms with Gasteiger partial charge >= 0.3 is 0 Å². The molecular weight excluding hydrogens is 391 g/mol. The zero-order valence-electron chi connectivity index (χ0n) is 19.1. The first-order chi connectivity index (χ1) is 14.1. The van der Waals surface area contributed by atoms with Crippen LogP contribution in [-0.2, 0) is 0 Å². The van der Waals surface area contributed by atoms with Crippen molar-refractivity contribution in [1.29, 1.82) is 0 Å². The fraction of sp³-hybridized carbons (Fsp3) is 0.440. The molecule has 0 spiro atoms. The molecule has 1 aromatic carbocycles. The summed E-state index contributed by atoms with van der Waals surface area (Å²) in [5.74, 6) is 2.75. The number of hydrogen-bond acceptors (Lipinski definition) is 2. The molecule has 1 heterocycles. The largest absolute Gasteiger partial charge is 0.344 e. The van der Waals surface area contributed by atoms with Gasteiger partial charge in [-0.1, -0.05) is 59.6 Å². The van der Waals surface area contributed by atoms with Crippen molar-refractivity contribution in [2.45, 2.75) is 71.1 Å². The van der Waals surface area contributed by atoms with Crippen molar-refractivity contribution in [2.24, 2.45) is 0 Å². The van der Waals surface area contributed by atoms with Crippen LogP contribution in [0.4, 0.5) is 4.39 Å². The van der Waals surface area contributed by atoms with Gasteiger partial charge in [-0.05, 0) is 53.4 Å². The van der Waals surface area contributed by atoms with Crippen LogP contribution in [0, 0.1) is 17.3 Å². The van der Waals surface area contributed by atoms with Crippen LogP contribution in [0.25, 0.3) is 0 Å². The summed E-state index contributed by atoms with van der Waals surface area (Å²) in [6, 6.07) is 9.50. The van der Waals surface area contributed by atoms with E-state index < -0.39 is 8.07 Å². The van der Waals surface area contributed by atoms with Crippen LogP contribution in [0.15, 0.2) is 42.6 Å². The Balaban J connectivity index is 2.43. The lowest BCUT2D eigenvalue weighted by atomic mass is 10.0. The van der Waals surface area contributed by atoms with Crippen LogP contribution >= 0.6 is 0 Å². The van der Waals surface area contributed by atoms with Gasteiger partial charge < -0.3 is 5.32 Å². The molecule has 30 heavy (non-hydrogen) atoms. The fourth-order valence-electron chi connectivity index (χ4n) is 4.47. The van der Waals surface area contributed by atoms with Crippen molar-refractivity contribution in [2.75, 3.05) is 0 Å². The maximum absolute atomic E-state index is 14.1. The fourth-order valence-corrected chi connectivity index (χ4v) is 9.69. The summed E-state index contributed by atoms with van der Waals surface area (Å²) in [6.45, 7) is 15.4. The summed E-state index contributed by atoms with van der Waals surface area (Å²) in [5.41, 5.74) is 6.93. The molecule has 1 aromatic heterocycles. The van der Waals surface area contributed by atoms with Gasteiger partial charge in [0, 0.05) is 11.8 Å². The molecule has 0 fully saturated rings. The standard InChI is InChI=1S/C25H33FN2OSi/c1-17(2)30(18(3)4,19(5)6)15-13-21-16-22(26)11-12-23(21)20(7)28-25(29)24-10-8-9-14-27-24/h8-12,14,16-20H,1-7H3,(H,28,29)/t20-/m1/s1. The molecule has 0 aliphatic heterocycles. The maximum Gasteiger partial charge on any atom is 0.270 e. The van der Waals surface area contributed by atoms with E-state index in [1.807, 2.05) is 6.92 Å². The number of rotatable bonds is 6. The molecular formula is C25H33FN2OSi. The van der Waals surface area contributed by atoms with Crippen LogP contribution in [-0.4, -0.2) is 19.0 Å². The lowest BCUT2D eigenvalue weighted by Crippen LogP contribution is -2.43. The van der Waals surface area contributed by atoms with Crippen molar-refractivity contribution in [1.82, 2.24) is 10.3 Å². The first-order valence-electron chi connectivity index (χ1n) is 10.6. The summed E-state index contributed by atoms with van der Waals surface area (Å²) in [5, 5.41) is 2.96. The van der Waals surface area contributed by atoms with Crippen molar-refractivity contribution in [3.05, 3.63) is 65.2 Å². The SMILES string of the molecule is CC(C)[Si](C#Cc1cc(F)ccc1[C@@H](C)NC(=O)c1ccccn1)(C(C)C)C(C)C. The Morgan fingerprint density at radius 2 is 1.63 bits per heavy atom. The van der Waals surface area contributed by atoms with E-state index in [4.69, 9.17) is 0 Å². The van der Waals surface area contributed by atoms with E-state index >= 15 is 0 Å². The molecule has 0 radical (unpaired) electrons. The molecule has 5 heteroatoms. The molecule has 2 aromatic rings. The average Bonchev–Trinajstić information content (AvgIpc) is 2.68. The number of carbonyl (C=O) groups excluding carboxylic acids is 1. The lowest BCUT2D eigenvalue weighted by molar-refractivity contribution is 0.0935. The number of nitrogens with zero attached hydrogens (tertiary/aromatic N) is 1.